The highest BCUT2D eigenvalue weighted by Gasteiger charge is 2.31. The van der Waals surface area contributed by atoms with E-state index in [0.717, 1.165) is 6.54 Å². The Morgan fingerprint density at radius 2 is 2.00 bits per heavy atom. The van der Waals surface area contributed by atoms with Gasteiger partial charge in [-0.15, -0.1) is 4.72 Å². The molecule has 0 aliphatic rings. The van der Waals surface area contributed by atoms with E-state index >= 15 is 0 Å². The molecule has 0 saturated carbocycles. The lowest BCUT2D eigenvalue weighted by atomic mass is 10.7. The highest BCUT2D eigenvalue weighted by atomic mass is 32.2. The number of imidazole rings is 1. The van der Waals surface area contributed by atoms with E-state index in [1.807, 2.05) is 17.8 Å². The average Bonchev–Trinajstić information content (AvgIpc) is 2.45. The summed E-state index contributed by atoms with van der Waals surface area (Å²) in [5.41, 5.74) is 0. The van der Waals surface area contributed by atoms with Crippen molar-refractivity contribution < 1.29 is 26.2 Å². The molecule has 100 valence electrons. The van der Waals surface area contributed by atoms with Crippen LogP contribution in [0.4, 0.5) is 13.2 Å². The number of hydrogen-bond acceptors (Lipinski definition) is 2. The predicted octanol–water partition coefficient (Wildman–Crippen LogP) is -0.368. The number of rotatable bonds is 2. The molecule has 0 aliphatic heterocycles. The molecule has 0 bridgehead atoms. The number of nitrogens with zero attached hydrogens (tertiary/aromatic N) is 2. The van der Waals surface area contributed by atoms with E-state index in [4.69, 9.17) is 0 Å². The van der Waals surface area contributed by atoms with Gasteiger partial charge < -0.3 is 0 Å². The van der Waals surface area contributed by atoms with Crippen LogP contribution in [0.25, 0.3) is 0 Å². The smallest absolute Gasteiger partial charge is 0.240 e. The fraction of sp³-hybridized carbons (Fsp3) is 0.571. The molecule has 10 heteroatoms. The first-order valence-electron chi connectivity index (χ1n) is 4.43. The molecule has 6 nitrogen and oxygen atoms in total. The predicted molar refractivity (Wildman–Crippen MR) is 53.6 cm³/mol. The van der Waals surface area contributed by atoms with Gasteiger partial charge in [0.25, 0.3) is 10.2 Å². The van der Waals surface area contributed by atoms with E-state index in [1.54, 1.807) is 0 Å². The SMILES string of the molecule is CCn1cc[n+](C)c1.NS(=O)(=O)NC(F)(F)F. The standard InChI is InChI=1S/C6H11N2.CH3F3N2O2S/c1-3-8-5-4-7(2)6-8;2-1(3,4)6-9(5,7)8/h4-6H,3H2,1-2H3;6H,(H2,5,7,8)/q+1;. The number of nitrogens with one attached hydrogen (secondary N) is 1. The van der Waals surface area contributed by atoms with E-state index in [9.17, 15) is 21.6 Å². The van der Waals surface area contributed by atoms with Gasteiger partial charge in [0.15, 0.2) is 0 Å². The number of alkyl halides is 3. The first-order valence-corrected chi connectivity index (χ1v) is 5.97. The van der Waals surface area contributed by atoms with Crippen molar-refractivity contribution in [3.05, 3.63) is 18.7 Å². The molecule has 3 N–H and O–H groups in total. The van der Waals surface area contributed by atoms with Crippen LogP contribution in [0.2, 0.25) is 0 Å². The van der Waals surface area contributed by atoms with Crippen molar-refractivity contribution in [1.29, 1.82) is 0 Å². The van der Waals surface area contributed by atoms with Crippen molar-refractivity contribution in [2.75, 3.05) is 0 Å². The minimum atomic E-state index is -4.98. The molecule has 1 heterocycles. The normalized spacial score (nSPS) is 11.9. The minimum Gasteiger partial charge on any atom is -0.240 e. The lowest BCUT2D eigenvalue weighted by Crippen LogP contribution is -2.41. The molecular weight excluding hydrogens is 261 g/mol. The number of aromatic nitrogens is 2. The third-order valence-electron chi connectivity index (χ3n) is 1.45. The quantitative estimate of drug-likeness (QED) is 0.570. The van der Waals surface area contributed by atoms with Crippen LogP contribution in [0, 0.1) is 0 Å². The molecule has 0 amide bonds. The first kappa shape index (κ1) is 15.9. The summed E-state index contributed by atoms with van der Waals surface area (Å²) < 4.78 is 56.5. The zero-order valence-electron chi connectivity index (χ0n) is 9.27. The second-order valence-corrected chi connectivity index (χ2v) is 4.35. The van der Waals surface area contributed by atoms with Crippen molar-refractivity contribution in [2.24, 2.45) is 12.2 Å². The number of halogens is 3. The lowest BCUT2D eigenvalue weighted by Gasteiger charge is -2.03. The van der Waals surface area contributed by atoms with Crippen molar-refractivity contribution >= 4 is 10.2 Å². The van der Waals surface area contributed by atoms with Crippen molar-refractivity contribution in [2.45, 2.75) is 19.8 Å². The maximum absolute atomic E-state index is 11.0. The minimum absolute atomic E-state index is 0.208. The monoisotopic (exact) mass is 275 g/mol. The molecule has 0 spiro atoms. The first-order chi connectivity index (χ1) is 7.53. The Hall–Kier alpha value is -1.13. The summed E-state index contributed by atoms with van der Waals surface area (Å²) in [6.45, 7) is 3.18. The van der Waals surface area contributed by atoms with E-state index in [1.165, 1.54) is 0 Å². The molecule has 1 aromatic heterocycles. The van der Waals surface area contributed by atoms with Crippen molar-refractivity contribution in [1.82, 2.24) is 9.29 Å². The molecule has 0 radical (unpaired) electrons. The van der Waals surface area contributed by atoms with Gasteiger partial charge in [-0.25, -0.2) is 14.3 Å². The number of aryl methyl sites for hydroxylation is 2. The Morgan fingerprint density at radius 1 is 1.47 bits per heavy atom. The van der Waals surface area contributed by atoms with Crippen LogP contribution >= 0.6 is 0 Å². The molecule has 0 aliphatic carbocycles. The third kappa shape index (κ3) is 9.78. The molecular formula is C7H14F3N4O2S+. The van der Waals surface area contributed by atoms with Crippen LogP contribution < -0.4 is 14.4 Å². The van der Waals surface area contributed by atoms with Crippen LogP contribution in [0.5, 0.6) is 0 Å². The summed E-state index contributed by atoms with van der Waals surface area (Å²) in [6.07, 6.45) is 1.16. The summed E-state index contributed by atoms with van der Waals surface area (Å²) in [5, 5.41) is 3.96. The van der Waals surface area contributed by atoms with Crippen LogP contribution in [0.3, 0.4) is 0 Å². The van der Waals surface area contributed by atoms with Gasteiger partial charge in [0, 0.05) is 0 Å². The van der Waals surface area contributed by atoms with E-state index < -0.39 is 16.5 Å². The van der Waals surface area contributed by atoms with Gasteiger partial charge in [-0.2, -0.15) is 21.6 Å². The lowest BCUT2D eigenvalue weighted by molar-refractivity contribution is -0.671. The maximum atomic E-state index is 11.0. The van der Waals surface area contributed by atoms with Gasteiger partial charge in [0.2, 0.25) is 6.33 Å². The molecule has 0 fully saturated rings. The summed E-state index contributed by atoms with van der Waals surface area (Å²) in [6, 6.07) is 0. The van der Waals surface area contributed by atoms with Crippen molar-refractivity contribution in [3.8, 4) is 0 Å². The fourth-order valence-electron chi connectivity index (χ4n) is 0.850. The highest BCUT2D eigenvalue weighted by molar-refractivity contribution is 7.87. The van der Waals surface area contributed by atoms with Gasteiger partial charge in [0.1, 0.15) is 12.4 Å². The molecule has 1 aromatic rings. The summed E-state index contributed by atoms with van der Waals surface area (Å²) >= 11 is 0. The van der Waals surface area contributed by atoms with Gasteiger partial charge in [-0.1, -0.05) is 0 Å². The number of nitrogens with two attached hydrogens (primary N) is 1. The van der Waals surface area contributed by atoms with Gasteiger partial charge >= 0.3 is 6.30 Å². The largest absolute Gasteiger partial charge is 0.471 e. The van der Waals surface area contributed by atoms with Gasteiger partial charge in [-0.3, -0.25) is 0 Å². The summed E-state index contributed by atoms with van der Waals surface area (Å²) in [4.78, 5) is 0. The van der Waals surface area contributed by atoms with Crippen LogP contribution in [0.1, 0.15) is 6.92 Å². The Bertz CT molecular complexity index is 440. The highest BCUT2D eigenvalue weighted by Crippen LogP contribution is 2.09. The average molecular weight is 275 g/mol. The fourth-order valence-corrected chi connectivity index (χ4v) is 1.17. The van der Waals surface area contributed by atoms with E-state index in [2.05, 4.69) is 29.2 Å². The Morgan fingerprint density at radius 3 is 2.12 bits per heavy atom. The zero-order valence-corrected chi connectivity index (χ0v) is 10.1. The Balaban J connectivity index is 0.000000302. The van der Waals surface area contributed by atoms with Crippen LogP contribution in [0.15, 0.2) is 18.7 Å². The van der Waals surface area contributed by atoms with Gasteiger partial charge in [-0.05, 0) is 6.92 Å². The summed E-state index contributed by atoms with van der Waals surface area (Å²) in [7, 11) is -2.64. The molecule has 0 saturated heterocycles. The second-order valence-electron chi connectivity index (χ2n) is 3.05. The number of hydrogen-bond donors (Lipinski definition) is 2. The Kier molecular flexibility index (Phi) is 5.58. The molecule has 0 unspecified atom stereocenters. The molecule has 0 aromatic carbocycles. The summed E-state index contributed by atoms with van der Waals surface area (Å²) in [5.74, 6) is 0. The van der Waals surface area contributed by atoms with Crippen LogP contribution in [-0.4, -0.2) is 19.3 Å². The third-order valence-corrected chi connectivity index (χ3v) is 1.96. The Labute approximate surface area is 97.0 Å². The second kappa shape index (κ2) is 5.98. The van der Waals surface area contributed by atoms with E-state index in [-0.39, 0.29) is 4.72 Å². The molecule has 0 atom stereocenters. The zero-order chi connectivity index (χ0) is 13.7. The van der Waals surface area contributed by atoms with Gasteiger partial charge in [0.05, 0.1) is 13.6 Å². The molecule has 1 rings (SSSR count). The van der Waals surface area contributed by atoms with Crippen LogP contribution in [-0.2, 0) is 23.8 Å². The van der Waals surface area contributed by atoms with Crippen molar-refractivity contribution in [3.63, 3.8) is 0 Å². The topological polar surface area (TPSA) is 81.0 Å². The maximum Gasteiger partial charge on any atom is 0.471 e. The molecule has 17 heavy (non-hydrogen) atoms. The van der Waals surface area contributed by atoms with E-state index in [0.29, 0.717) is 0 Å².